The largest absolute Gasteiger partial charge is 0.444 e. The summed E-state index contributed by atoms with van der Waals surface area (Å²) in [6, 6.07) is 16.6. The molecule has 0 aromatic heterocycles. The molecule has 2 aromatic carbocycles. The smallest absolute Gasteiger partial charge is 0.410 e. The Morgan fingerprint density at radius 3 is 1.83 bits per heavy atom. The maximum absolute atomic E-state index is 12.8. The molecule has 5 nitrogen and oxygen atoms in total. The molecular formula is C29H38N2O3S. The molecule has 1 saturated heterocycles. The average Bonchev–Trinajstić information content (AvgIpc) is 2.85. The summed E-state index contributed by atoms with van der Waals surface area (Å²) in [7, 11) is 0. The van der Waals surface area contributed by atoms with Crippen LogP contribution in [0.1, 0.15) is 68.9 Å². The standard InChI is InChI=1S/C29H38N2O3S/c1-7-30(8-2)27(32)24-11-9-21(10-12-24)26(22-13-15-25(35-6)16-14-22)23-17-19-31(20-18-23)28(33)34-29(3,4)5/h9-16H,7-8,17-20H2,1-6H3. The summed E-state index contributed by atoms with van der Waals surface area (Å²) in [5, 5.41) is 0. The lowest BCUT2D eigenvalue weighted by molar-refractivity contribution is 0.0236. The first-order chi connectivity index (χ1) is 16.7. The van der Waals surface area contributed by atoms with Crippen LogP contribution in [-0.2, 0) is 4.74 Å². The van der Waals surface area contributed by atoms with E-state index in [1.165, 1.54) is 16.0 Å². The van der Waals surface area contributed by atoms with Gasteiger partial charge in [0.05, 0.1) is 0 Å². The number of hydrogen-bond acceptors (Lipinski definition) is 4. The Labute approximate surface area is 214 Å². The molecule has 1 fully saturated rings. The Hall–Kier alpha value is -2.73. The highest BCUT2D eigenvalue weighted by molar-refractivity contribution is 7.98. The number of benzene rings is 2. The Balaban J connectivity index is 1.92. The molecule has 1 heterocycles. The predicted molar refractivity (Wildman–Crippen MR) is 145 cm³/mol. The topological polar surface area (TPSA) is 49.9 Å². The van der Waals surface area contributed by atoms with Crippen LogP contribution >= 0.6 is 11.8 Å². The minimum absolute atomic E-state index is 0.0609. The molecule has 2 amide bonds. The zero-order chi connectivity index (χ0) is 25.6. The fourth-order valence-electron chi connectivity index (χ4n) is 4.34. The fourth-order valence-corrected chi connectivity index (χ4v) is 4.75. The highest BCUT2D eigenvalue weighted by Crippen LogP contribution is 2.34. The Morgan fingerprint density at radius 2 is 1.37 bits per heavy atom. The van der Waals surface area contributed by atoms with Gasteiger partial charge in [0.2, 0.25) is 0 Å². The number of likely N-dealkylation sites (tertiary alicyclic amines) is 1. The van der Waals surface area contributed by atoms with Gasteiger partial charge >= 0.3 is 6.09 Å². The highest BCUT2D eigenvalue weighted by atomic mass is 32.2. The van der Waals surface area contributed by atoms with Gasteiger partial charge < -0.3 is 14.5 Å². The summed E-state index contributed by atoms with van der Waals surface area (Å²) < 4.78 is 5.57. The lowest BCUT2D eigenvalue weighted by atomic mass is 9.88. The van der Waals surface area contributed by atoms with Gasteiger partial charge in [0, 0.05) is 36.6 Å². The number of thioether (sulfide) groups is 1. The summed E-state index contributed by atoms with van der Waals surface area (Å²) in [5.41, 5.74) is 4.99. The molecule has 6 heteroatoms. The quantitative estimate of drug-likeness (QED) is 0.418. The number of nitrogens with zero attached hydrogens (tertiary/aromatic N) is 2. The van der Waals surface area contributed by atoms with Gasteiger partial charge in [-0.05, 0) is 94.7 Å². The van der Waals surface area contributed by atoms with Crippen LogP contribution in [0, 0.1) is 0 Å². The molecule has 0 saturated carbocycles. The summed E-state index contributed by atoms with van der Waals surface area (Å²) in [6.07, 6.45) is 3.41. The molecule has 0 bridgehead atoms. The van der Waals surface area contributed by atoms with Crippen molar-refractivity contribution in [2.75, 3.05) is 32.4 Å². The number of ether oxygens (including phenoxy) is 1. The number of piperidine rings is 1. The van der Waals surface area contributed by atoms with E-state index in [0.717, 1.165) is 24.0 Å². The molecule has 0 aliphatic carbocycles. The monoisotopic (exact) mass is 494 g/mol. The maximum Gasteiger partial charge on any atom is 0.410 e. The van der Waals surface area contributed by atoms with E-state index in [9.17, 15) is 9.59 Å². The van der Waals surface area contributed by atoms with Gasteiger partial charge in [-0.15, -0.1) is 11.8 Å². The zero-order valence-electron chi connectivity index (χ0n) is 21.9. The molecule has 1 aliphatic heterocycles. The van der Waals surface area contributed by atoms with E-state index in [4.69, 9.17) is 4.74 Å². The second-order valence-corrected chi connectivity index (χ2v) is 10.6. The van der Waals surface area contributed by atoms with Crippen LogP contribution in [-0.4, -0.2) is 59.8 Å². The summed E-state index contributed by atoms with van der Waals surface area (Å²) in [5.74, 6) is 0.0609. The molecule has 188 valence electrons. The van der Waals surface area contributed by atoms with Crippen molar-refractivity contribution in [2.24, 2.45) is 0 Å². The van der Waals surface area contributed by atoms with Gasteiger partial charge in [-0.25, -0.2) is 4.79 Å². The lowest BCUT2D eigenvalue weighted by Gasteiger charge is -2.32. The van der Waals surface area contributed by atoms with Crippen LogP contribution in [0.2, 0.25) is 0 Å². The van der Waals surface area contributed by atoms with E-state index >= 15 is 0 Å². The van der Waals surface area contributed by atoms with E-state index in [-0.39, 0.29) is 12.0 Å². The van der Waals surface area contributed by atoms with Crippen LogP contribution in [0.4, 0.5) is 4.79 Å². The molecular weight excluding hydrogens is 456 g/mol. The molecule has 1 aliphatic rings. The first kappa shape index (κ1) is 26.9. The second-order valence-electron chi connectivity index (χ2n) is 9.73. The van der Waals surface area contributed by atoms with Crippen LogP contribution < -0.4 is 0 Å². The normalized spacial score (nSPS) is 14.0. The van der Waals surface area contributed by atoms with E-state index in [1.54, 1.807) is 16.7 Å². The van der Waals surface area contributed by atoms with Crippen molar-refractivity contribution in [3.63, 3.8) is 0 Å². The third kappa shape index (κ3) is 6.91. The zero-order valence-corrected chi connectivity index (χ0v) is 22.7. The van der Waals surface area contributed by atoms with Gasteiger partial charge in [0.1, 0.15) is 5.60 Å². The predicted octanol–water partition coefficient (Wildman–Crippen LogP) is 6.72. The van der Waals surface area contributed by atoms with E-state index < -0.39 is 5.60 Å². The van der Waals surface area contributed by atoms with Crippen molar-refractivity contribution in [1.29, 1.82) is 0 Å². The van der Waals surface area contributed by atoms with Crippen molar-refractivity contribution in [3.05, 3.63) is 70.8 Å². The molecule has 35 heavy (non-hydrogen) atoms. The molecule has 2 aromatic rings. The number of carbonyl (C=O) groups excluding carboxylic acids is 2. The SMILES string of the molecule is CCN(CC)C(=O)c1ccc(C(=C2CCN(C(=O)OC(C)(C)C)CC2)c2ccc(SC)cc2)cc1. The summed E-state index contributed by atoms with van der Waals surface area (Å²) in [6.45, 7) is 12.3. The number of hydrogen-bond donors (Lipinski definition) is 0. The van der Waals surface area contributed by atoms with Crippen LogP contribution in [0.15, 0.2) is 59.0 Å². The third-order valence-corrected chi connectivity index (χ3v) is 6.97. The van der Waals surface area contributed by atoms with E-state index in [0.29, 0.717) is 31.7 Å². The number of rotatable bonds is 6. The first-order valence-corrected chi connectivity index (χ1v) is 13.6. The molecule has 0 unspecified atom stereocenters. The van der Waals surface area contributed by atoms with Gasteiger partial charge in [-0.2, -0.15) is 0 Å². The van der Waals surface area contributed by atoms with Crippen molar-refractivity contribution in [3.8, 4) is 0 Å². The molecule has 0 radical (unpaired) electrons. The Bertz CT molecular complexity index is 1040. The summed E-state index contributed by atoms with van der Waals surface area (Å²) >= 11 is 1.72. The highest BCUT2D eigenvalue weighted by Gasteiger charge is 2.26. The van der Waals surface area contributed by atoms with E-state index in [1.807, 2.05) is 51.7 Å². The first-order valence-electron chi connectivity index (χ1n) is 12.4. The van der Waals surface area contributed by atoms with Gasteiger partial charge in [-0.3, -0.25) is 4.79 Å². The minimum Gasteiger partial charge on any atom is -0.444 e. The van der Waals surface area contributed by atoms with Gasteiger partial charge in [0.25, 0.3) is 5.91 Å². The second kappa shape index (κ2) is 11.8. The molecule has 0 atom stereocenters. The van der Waals surface area contributed by atoms with Crippen molar-refractivity contribution >= 4 is 29.3 Å². The van der Waals surface area contributed by atoms with Crippen LogP contribution in [0.25, 0.3) is 5.57 Å². The van der Waals surface area contributed by atoms with Crippen LogP contribution in [0.5, 0.6) is 0 Å². The Kier molecular flexibility index (Phi) is 9.06. The van der Waals surface area contributed by atoms with Crippen LogP contribution in [0.3, 0.4) is 0 Å². The minimum atomic E-state index is -0.498. The lowest BCUT2D eigenvalue weighted by Crippen LogP contribution is -2.40. The van der Waals surface area contributed by atoms with Gasteiger partial charge in [0.15, 0.2) is 0 Å². The van der Waals surface area contributed by atoms with E-state index in [2.05, 4.69) is 42.7 Å². The molecule has 0 spiro atoms. The van der Waals surface area contributed by atoms with Crippen molar-refractivity contribution in [1.82, 2.24) is 9.80 Å². The maximum atomic E-state index is 12.8. The van der Waals surface area contributed by atoms with Gasteiger partial charge in [-0.1, -0.05) is 29.8 Å². The average molecular weight is 495 g/mol. The third-order valence-electron chi connectivity index (χ3n) is 6.22. The van der Waals surface area contributed by atoms with Crippen molar-refractivity contribution in [2.45, 2.75) is 58.0 Å². The van der Waals surface area contributed by atoms with Crippen molar-refractivity contribution < 1.29 is 14.3 Å². The number of amides is 2. The fraction of sp³-hybridized carbons (Fsp3) is 0.448. The Morgan fingerprint density at radius 1 is 0.886 bits per heavy atom. The number of carbonyl (C=O) groups is 2. The molecule has 0 N–H and O–H groups in total. The summed E-state index contributed by atoms with van der Waals surface area (Å²) in [4.78, 5) is 30.2. The molecule has 3 rings (SSSR count).